The molecule has 1 aliphatic rings. The number of carbonyl (C=O) groups is 3. The summed E-state index contributed by atoms with van der Waals surface area (Å²) >= 11 is 0. The van der Waals surface area contributed by atoms with E-state index < -0.39 is 23.6 Å². The lowest BCUT2D eigenvalue weighted by Gasteiger charge is -2.21. The van der Waals surface area contributed by atoms with Crippen molar-refractivity contribution in [1.82, 2.24) is 0 Å². The molecule has 3 rings (SSSR count). The molecule has 0 spiro atoms. The number of halogens is 1. The number of nitrogens with one attached hydrogen (secondary N) is 2. The third kappa shape index (κ3) is 5.19. The first-order chi connectivity index (χ1) is 14.0. The van der Waals surface area contributed by atoms with Crippen LogP contribution in [-0.2, 0) is 19.1 Å². The second-order valence-electron chi connectivity index (χ2n) is 6.28. The third-order valence-electron chi connectivity index (χ3n) is 4.10. The molecule has 0 saturated heterocycles. The predicted molar refractivity (Wildman–Crippen MR) is 107 cm³/mol. The van der Waals surface area contributed by atoms with Crippen molar-refractivity contribution in [3.8, 4) is 0 Å². The first kappa shape index (κ1) is 20.1. The molecule has 1 aliphatic heterocycles. The summed E-state index contributed by atoms with van der Waals surface area (Å²) in [4.78, 5) is 38.3. The first-order valence-electron chi connectivity index (χ1n) is 9.05. The molecule has 0 radical (unpaired) electrons. The predicted octanol–water partition coefficient (Wildman–Crippen LogP) is 3.06. The number of hydrogen-bond acceptors (Lipinski definition) is 5. The highest BCUT2D eigenvalue weighted by molar-refractivity contribution is 6.10. The van der Waals surface area contributed by atoms with E-state index in [0.717, 1.165) is 0 Å². The fourth-order valence-corrected chi connectivity index (χ4v) is 2.91. The maximum Gasteiger partial charge on any atom is 0.311 e. The summed E-state index contributed by atoms with van der Waals surface area (Å²) in [5, 5.41) is 5.63. The number of benzene rings is 2. The van der Waals surface area contributed by atoms with E-state index in [0.29, 0.717) is 22.8 Å². The zero-order valence-electron chi connectivity index (χ0n) is 15.8. The van der Waals surface area contributed by atoms with E-state index in [-0.39, 0.29) is 19.6 Å². The highest BCUT2D eigenvalue weighted by Crippen LogP contribution is 2.30. The number of esters is 1. The monoisotopic (exact) mass is 397 g/mol. The van der Waals surface area contributed by atoms with Gasteiger partial charge in [-0.1, -0.05) is 18.2 Å². The number of amides is 2. The summed E-state index contributed by atoms with van der Waals surface area (Å²) in [6.45, 7) is 1.66. The van der Waals surface area contributed by atoms with E-state index in [9.17, 15) is 18.8 Å². The molecule has 0 aliphatic carbocycles. The Hall–Kier alpha value is -3.68. The van der Waals surface area contributed by atoms with Crippen molar-refractivity contribution in [1.29, 1.82) is 0 Å². The summed E-state index contributed by atoms with van der Waals surface area (Å²) in [7, 11) is 0. The molecule has 2 amide bonds. The van der Waals surface area contributed by atoms with Crippen LogP contribution in [0.4, 0.5) is 21.5 Å². The van der Waals surface area contributed by atoms with Crippen molar-refractivity contribution in [3.63, 3.8) is 0 Å². The highest BCUT2D eigenvalue weighted by atomic mass is 19.1. The number of hydrogen-bond donors (Lipinski definition) is 2. The summed E-state index contributed by atoms with van der Waals surface area (Å²) in [6, 6.07) is 12.4. The second kappa shape index (κ2) is 9.01. The lowest BCUT2D eigenvalue weighted by molar-refractivity contribution is -0.142. The van der Waals surface area contributed by atoms with Crippen molar-refractivity contribution >= 4 is 34.8 Å². The van der Waals surface area contributed by atoms with Crippen LogP contribution in [0.3, 0.4) is 0 Å². The molecule has 29 heavy (non-hydrogen) atoms. The molecule has 2 aromatic carbocycles. The zero-order chi connectivity index (χ0) is 20.8. The molecule has 0 fully saturated rings. The van der Waals surface area contributed by atoms with Gasteiger partial charge in [0.25, 0.3) is 5.91 Å². The Balaban J connectivity index is 1.81. The molecule has 0 saturated carbocycles. The molecule has 2 N–H and O–H groups in total. The summed E-state index contributed by atoms with van der Waals surface area (Å²) < 4.78 is 18.3. The quantitative estimate of drug-likeness (QED) is 0.732. The lowest BCUT2D eigenvalue weighted by atomic mass is 10.2. The van der Waals surface area contributed by atoms with Crippen LogP contribution in [0.5, 0.6) is 0 Å². The standard InChI is InChI=1S/C21H20FN3O4/c1-2-29-21(28)12-16-11-20(27)25(18-9-4-3-8-17(18)23-16)13-19(26)24-15-7-5-6-14(22)10-15/h3-11,23H,2,12-13H2,1H3,(H,24,26). The Morgan fingerprint density at radius 3 is 2.72 bits per heavy atom. The molecular formula is C21H20FN3O4. The van der Waals surface area contributed by atoms with Crippen LogP contribution >= 0.6 is 0 Å². The largest absolute Gasteiger partial charge is 0.466 e. The van der Waals surface area contributed by atoms with Crippen molar-refractivity contribution in [3.05, 3.63) is 66.1 Å². The van der Waals surface area contributed by atoms with Crippen LogP contribution < -0.4 is 15.5 Å². The van der Waals surface area contributed by atoms with Gasteiger partial charge in [-0.3, -0.25) is 19.3 Å². The van der Waals surface area contributed by atoms with E-state index in [2.05, 4.69) is 10.6 Å². The fourth-order valence-electron chi connectivity index (χ4n) is 2.91. The van der Waals surface area contributed by atoms with E-state index in [1.54, 1.807) is 37.3 Å². The van der Waals surface area contributed by atoms with Gasteiger partial charge >= 0.3 is 5.97 Å². The molecule has 0 atom stereocenters. The van der Waals surface area contributed by atoms with Gasteiger partial charge in [0, 0.05) is 17.5 Å². The van der Waals surface area contributed by atoms with E-state index >= 15 is 0 Å². The average Bonchev–Trinajstić information content (AvgIpc) is 2.78. The van der Waals surface area contributed by atoms with Gasteiger partial charge in [0.15, 0.2) is 0 Å². The van der Waals surface area contributed by atoms with Gasteiger partial charge in [-0.05, 0) is 37.3 Å². The molecule has 2 aromatic rings. The van der Waals surface area contributed by atoms with Crippen LogP contribution in [0.15, 0.2) is 60.3 Å². The SMILES string of the molecule is CCOC(=O)CC1=CC(=O)N(CC(=O)Nc2cccc(F)c2)c2ccccc2N1. The molecule has 0 aromatic heterocycles. The lowest BCUT2D eigenvalue weighted by Crippen LogP contribution is -2.37. The minimum Gasteiger partial charge on any atom is -0.466 e. The Labute approximate surface area is 167 Å². The number of ether oxygens (including phenoxy) is 1. The maximum atomic E-state index is 13.3. The highest BCUT2D eigenvalue weighted by Gasteiger charge is 2.25. The molecule has 0 bridgehead atoms. The van der Waals surface area contributed by atoms with Gasteiger partial charge in [0.1, 0.15) is 12.4 Å². The van der Waals surface area contributed by atoms with Crippen LogP contribution in [-0.4, -0.2) is 30.9 Å². The van der Waals surface area contributed by atoms with Crippen LogP contribution in [0, 0.1) is 5.82 Å². The normalized spacial score (nSPS) is 13.0. The van der Waals surface area contributed by atoms with Crippen LogP contribution in [0.1, 0.15) is 13.3 Å². The van der Waals surface area contributed by atoms with E-state index in [1.165, 1.54) is 29.2 Å². The average molecular weight is 397 g/mol. The van der Waals surface area contributed by atoms with Crippen molar-refractivity contribution in [2.45, 2.75) is 13.3 Å². The number of nitrogens with zero attached hydrogens (tertiary/aromatic N) is 1. The first-order valence-corrected chi connectivity index (χ1v) is 9.05. The Bertz CT molecular complexity index is 974. The van der Waals surface area contributed by atoms with E-state index in [4.69, 9.17) is 4.74 Å². The van der Waals surface area contributed by atoms with Crippen molar-refractivity contribution in [2.75, 3.05) is 28.7 Å². The smallest absolute Gasteiger partial charge is 0.311 e. The van der Waals surface area contributed by atoms with Gasteiger partial charge in [-0.15, -0.1) is 0 Å². The molecule has 7 nitrogen and oxygen atoms in total. The molecule has 1 heterocycles. The number of anilines is 3. The molecule has 8 heteroatoms. The van der Waals surface area contributed by atoms with Crippen molar-refractivity contribution in [2.24, 2.45) is 0 Å². The Kier molecular flexibility index (Phi) is 6.23. The second-order valence-corrected chi connectivity index (χ2v) is 6.28. The van der Waals surface area contributed by atoms with Crippen LogP contribution in [0.2, 0.25) is 0 Å². The van der Waals surface area contributed by atoms with Gasteiger partial charge < -0.3 is 15.4 Å². The minimum atomic E-state index is -0.485. The maximum absolute atomic E-state index is 13.3. The van der Waals surface area contributed by atoms with Gasteiger partial charge in [0.05, 0.1) is 24.4 Å². The molecular weight excluding hydrogens is 377 g/mol. The molecule has 0 unspecified atom stereocenters. The molecule has 150 valence electrons. The zero-order valence-corrected chi connectivity index (χ0v) is 15.8. The van der Waals surface area contributed by atoms with Gasteiger partial charge in [-0.25, -0.2) is 4.39 Å². The number of carbonyl (C=O) groups excluding carboxylic acids is 3. The summed E-state index contributed by atoms with van der Waals surface area (Å²) in [6.07, 6.45) is 1.17. The Morgan fingerprint density at radius 1 is 1.17 bits per heavy atom. The minimum absolute atomic E-state index is 0.1000. The number of rotatable bonds is 6. The van der Waals surface area contributed by atoms with Crippen molar-refractivity contribution < 1.29 is 23.5 Å². The number of para-hydroxylation sites is 2. The third-order valence-corrected chi connectivity index (χ3v) is 4.10. The Morgan fingerprint density at radius 2 is 1.97 bits per heavy atom. The van der Waals surface area contributed by atoms with Crippen LogP contribution in [0.25, 0.3) is 0 Å². The van der Waals surface area contributed by atoms with Gasteiger partial charge in [0.2, 0.25) is 5.91 Å². The number of fused-ring (bicyclic) bond motifs is 1. The van der Waals surface area contributed by atoms with Gasteiger partial charge in [-0.2, -0.15) is 0 Å². The summed E-state index contributed by atoms with van der Waals surface area (Å²) in [5.74, 6) is -1.89. The topological polar surface area (TPSA) is 87.7 Å². The van der Waals surface area contributed by atoms with E-state index in [1.807, 2.05) is 0 Å². The summed E-state index contributed by atoms with van der Waals surface area (Å²) in [5.41, 5.74) is 1.73. The fraction of sp³-hybridized carbons (Fsp3) is 0.190.